The zero-order valence-corrected chi connectivity index (χ0v) is 17.1. The summed E-state index contributed by atoms with van der Waals surface area (Å²) in [5, 5.41) is 7.06. The molecule has 0 aliphatic carbocycles. The van der Waals surface area contributed by atoms with Gasteiger partial charge in [-0.3, -0.25) is 9.89 Å². The third-order valence-corrected chi connectivity index (χ3v) is 6.05. The van der Waals surface area contributed by atoms with Crippen LogP contribution in [0, 0.1) is 5.82 Å². The fourth-order valence-electron chi connectivity index (χ4n) is 3.22. The fourth-order valence-corrected chi connectivity index (χ4v) is 4.34. The molecule has 0 saturated carbocycles. The number of fused-ring (bicyclic) bond motifs is 1. The van der Waals surface area contributed by atoms with Crippen molar-refractivity contribution in [3.63, 3.8) is 0 Å². The predicted molar refractivity (Wildman–Crippen MR) is 113 cm³/mol. The van der Waals surface area contributed by atoms with Crippen LogP contribution in [-0.4, -0.2) is 40.5 Å². The number of para-hydroxylation sites is 1. The van der Waals surface area contributed by atoms with Crippen molar-refractivity contribution in [3.8, 4) is 11.3 Å². The van der Waals surface area contributed by atoms with E-state index in [4.69, 9.17) is 4.74 Å². The van der Waals surface area contributed by atoms with E-state index in [-0.39, 0.29) is 24.0 Å². The molecule has 1 amide bonds. The Morgan fingerprint density at radius 2 is 2.00 bits per heavy atom. The number of thioether (sulfide) groups is 1. The lowest BCUT2D eigenvalue weighted by atomic mass is 10.1. The van der Waals surface area contributed by atoms with E-state index in [1.165, 1.54) is 18.2 Å². The number of anilines is 1. The number of ether oxygens (including phenoxy) is 1. The summed E-state index contributed by atoms with van der Waals surface area (Å²) in [7, 11) is 0. The molecule has 30 heavy (non-hydrogen) atoms. The van der Waals surface area contributed by atoms with Crippen molar-refractivity contribution in [2.75, 3.05) is 18.1 Å². The molecule has 1 aliphatic rings. The summed E-state index contributed by atoms with van der Waals surface area (Å²) in [6.45, 7) is 2.34. The van der Waals surface area contributed by atoms with Crippen LogP contribution in [-0.2, 0) is 9.53 Å². The van der Waals surface area contributed by atoms with Crippen LogP contribution < -0.4 is 4.90 Å². The van der Waals surface area contributed by atoms with E-state index in [2.05, 4.69) is 17.1 Å². The third kappa shape index (κ3) is 4.38. The highest BCUT2D eigenvalue weighted by Crippen LogP contribution is 2.37. The summed E-state index contributed by atoms with van der Waals surface area (Å²) in [4.78, 5) is 27.9. The smallest absolute Gasteiger partial charge is 0.356 e. The van der Waals surface area contributed by atoms with Crippen molar-refractivity contribution < 1.29 is 18.7 Å². The number of carbonyl (C=O) groups excluding carboxylic acids is 2. The maximum Gasteiger partial charge on any atom is 0.356 e. The molecule has 3 aromatic rings. The Balaban J connectivity index is 1.42. The molecule has 0 radical (unpaired) electrons. The minimum Gasteiger partial charge on any atom is -0.451 e. The van der Waals surface area contributed by atoms with Gasteiger partial charge in [-0.05, 0) is 48.9 Å². The lowest BCUT2D eigenvalue weighted by molar-refractivity contribution is -0.121. The van der Waals surface area contributed by atoms with Gasteiger partial charge in [0.1, 0.15) is 11.5 Å². The molecule has 2 heterocycles. The minimum absolute atomic E-state index is 0.127. The lowest BCUT2D eigenvalue weighted by Crippen LogP contribution is -2.35. The summed E-state index contributed by atoms with van der Waals surface area (Å²) in [6, 6.07) is 15.0. The topological polar surface area (TPSA) is 75.3 Å². The van der Waals surface area contributed by atoms with E-state index in [9.17, 15) is 14.0 Å². The largest absolute Gasteiger partial charge is 0.451 e. The Morgan fingerprint density at radius 1 is 1.23 bits per heavy atom. The van der Waals surface area contributed by atoms with Gasteiger partial charge in [0, 0.05) is 22.3 Å². The highest BCUT2D eigenvalue weighted by atomic mass is 32.2. The molecule has 0 saturated heterocycles. The number of esters is 1. The van der Waals surface area contributed by atoms with Crippen molar-refractivity contribution >= 4 is 29.3 Å². The molecule has 2 aromatic carbocycles. The molecule has 1 unspecified atom stereocenters. The monoisotopic (exact) mass is 425 g/mol. The molecule has 1 aromatic heterocycles. The first kappa shape index (κ1) is 20.2. The zero-order chi connectivity index (χ0) is 21.1. The SMILES string of the molecule is CC1CCN(C(=O)COC(=O)c2cc(-c3ccc(F)cc3)n[nH]2)c2ccccc2S1. The summed E-state index contributed by atoms with van der Waals surface area (Å²) in [5.41, 5.74) is 2.12. The van der Waals surface area contributed by atoms with Gasteiger partial charge in [0.05, 0.1) is 11.4 Å². The molecule has 0 bridgehead atoms. The average molecular weight is 425 g/mol. The Morgan fingerprint density at radius 3 is 2.80 bits per heavy atom. The number of nitrogens with zero attached hydrogens (tertiary/aromatic N) is 2. The minimum atomic E-state index is -0.671. The summed E-state index contributed by atoms with van der Waals surface area (Å²) in [6.07, 6.45) is 0.848. The van der Waals surface area contributed by atoms with Crippen LogP contribution in [0.3, 0.4) is 0 Å². The lowest BCUT2D eigenvalue weighted by Gasteiger charge is -2.22. The quantitative estimate of drug-likeness (QED) is 0.631. The van der Waals surface area contributed by atoms with Crippen molar-refractivity contribution in [2.24, 2.45) is 0 Å². The molecule has 1 aliphatic heterocycles. The summed E-state index contributed by atoms with van der Waals surface area (Å²) >= 11 is 1.74. The van der Waals surface area contributed by atoms with Crippen molar-refractivity contribution in [1.82, 2.24) is 10.2 Å². The molecule has 154 valence electrons. The number of H-pyrrole nitrogens is 1. The van der Waals surface area contributed by atoms with Gasteiger partial charge in [-0.25, -0.2) is 9.18 Å². The number of amides is 1. The first-order chi connectivity index (χ1) is 14.5. The van der Waals surface area contributed by atoms with Gasteiger partial charge < -0.3 is 9.64 Å². The first-order valence-electron chi connectivity index (χ1n) is 9.56. The molecule has 8 heteroatoms. The van der Waals surface area contributed by atoms with Gasteiger partial charge in [0.25, 0.3) is 5.91 Å². The van der Waals surface area contributed by atoms with Gasteiger partial charge in [-0.15, -0.1) is 11.8 Å². The number of carbonyl (C=O) groups is 2. The predicted octanol–water partition coefficient (Wildman–Crippen LogP) is 4.29. The molecule has 0 fully saturated rings. The Hall–Kier alpha value is -3.13. The van der Waals surface area contributed by atoms with Crippen LogP contribution in [0.5, 0.6) is 0 Å². The number of rotatable bonds is 4. The van der Waals surface area contributed by atoms with E-state index >= 15 is 0 Å². The van der Waals surface area contributed by atoms with Crippen molar-refractivity contribution in [2.45, 2.75) is 23.5 Å². The van der Waals surface area contributed by atoms with Crippen LogP contribution in [0.15, 0.2) is 59.5 Å². The number of aromatic amines is 1. The summed E-state index contributed by atoms with van der Waals surface area (Å²) < 4.78 is 18.3. The highest BCUT2D eigenvalue weighted by molar-refractivity contribution is 8.00. The van der Waals surface area contributed by atoms with Crippen LogP contribution in [0.25, 0.3) is 11.3 Å². The Kier molecular flexibility index (Phi) is 5.85. The van der Waals surface area contributed by atoms with E-state index in [1.807, 2.05) is 24.3 Å². The Bertz CT molecular complexity index is 1070. The van der Waals surface area contributed by atoms with Gasteiger partial charge in [-0.2, -0.15) is 5.10 Å². The molecular weight excluding hydrogens is 405 g/mol. The number of hydrogen-bond donors (Lipinski definition) is 1. The molecular formula is C22H20FN3O3S. The number of nitrogens with one attached hydrogen (secondary N) is 1. The summed E-state index contributed by atoms with van der Waals surface area (Å²) in [5.74, 6) is -1.30. The number of hydrogen-bond acceptors (Lipinski definition) is 5. The third-order valence-electron chi connectivity index (χ3n) is 4.81. The van der Waals surface area contributed by atoms with Crippen LogP contribution in [0.1, 0.15) is 23.8 Å². The molecule has 6 nitrogen and oxygen atoms in total. The number of halogens is 1. The van der Waals surface area contributed by atoms with Crippen LogP contribution >= 0.6 is 11.8 Å². The average Bonchev–Trinajstić information content (AvgIpc) is 3.17. The first-order valence-corrected chi connectivity index (χ1v) is 10.4. The number of benzene rings is 2. The standard InChI is InChI=1S/C22H20FN3O3S/c1-14-10-11-26(19-4-2-3-5-20(19)30-14)21(27)13-29-22(28)18-12-17(24-25-18)15-6-8-16(23)9-7-15/h2-9,12,14H,10-11,13H2,1H3,(H,24,25). The maximum atomic E-state index is 13.1. The molecule has 1 N–H and O–H groups in total. The van der Waals surface area contributed by atoms with Gasteiger partial charge in [0.15, 0.2) is 6.61 Å². The van der Waals surface area contributed by atoms with Crippen molar-refractivity contribution in [1.29, 1.82) is 0 Å². The van der Waals surface area contributed by atoms with E-state index < -0.39 is 5.97 Å². The highest BCUT2D eigenvalue weighted by Gasteiger charge is 2.25. The van der Waals surface area contributed by atoms with Crippen LogP contribution in [0.2, 0.25) is 0 Å². The van der Waals surface area contributed by atoms with Gasteiger partial charge in [0.2, 0.25) is 0 Å². The normalized spacial score (nSPS) is 15.9. The zero-order valence-electron chi connectivity index (χ0n) is 16.3. The number of aromatic nitrogens is 2. The Labute approximate surface area is 177 Å². The maximum absolute atomic E-state index is 13.1. The van der Waals surface area contributed by atoms with Gasteiger partial charge in [-0.1, -0.05) is 19.1 Å². The van der Waals surface area contributed by atoms with Gasteiger partial charge >= 0.3 is 5.97 Å². The fraction of sp³-hybridized carbons (Fsp3) is 0.227. The second-order valence-electron chi connectivity index (χ2n) is 6.98. The van der Waals surface area contributed by atoms with Crippen molar-refractivity contribution in [3.05, 3.63) is 66.1 Å². The molecule has 4 rings (SSSR count). The second kappa shape index (κ2) is 8.71. The van der Waals surface area contributed by atoms with E-state index in [0.29, 0.717) is 23.1 Å². The second-order valence-corrected chi connectivity index (χ2v) is 8.46. The molecule has 1 atom stereocenters. The molecule has 0 spiro atoms. The van der Waals surface area contributed by atoms with E-state index in [1.54, 1.807) is 28.8 Å². The van der Waals surface area contributed by atoms with Crippen LogP contribution in [0.4, 0.5) is 10.1 Å². The van der Waals surface area contributed by atoms with E-state index in [0.717, 1.165) is 17.0 Å².